The van der Waals surface area contributed by atoms with Crippen LogP contribution in [0, 0.1) is 0 Å². The van der Waals surface area contributed by atoms with E-state index in [-0.39, 0.29) is 11.5 Å². The Morgan fingerprint density at radius 1 is 1.89 bits per heavy atom. The maximum absolute atomic E-state index is 10.3. The number of ether oxygens (including phenoxy) is 1. The lowest BCUT2D eigenvalue weighted by Crippen LogP contribution is -2.19. The summed E-state index contributed by atoms with van der Waals surface area (Å²) in [5, 5.41) is 3.09. The molecule has 0 saturated carbocycles. The van der Waals surface area contributed by atoms with Gasteiger partial charge in [0.15, 0.2) is 0 Å². The summed E-state index contributed by atoms with van der Waals surface area (Å²) in [6.07, 6.45) is 0. The van der Waals surface area contributed by atoms with Crippen LogP contribution < -0.4 is 5.32 Å². The van der Waals surface area contributed by atoms with E-state index in [1.54, 1.807) is 0 Å². The number of esters is 1. The first-order chi connectivity index (χ1) is 4.12. The smallest absolute Gasteiger partial charge is 0.302 e. The van der Waals surface area contributed by atoms with Crippen LogP contribution in [0.25, 0.3) is 0 Å². The Balaban J connectivity index is 2.12. The molecule has 1 N–H and O–H groups in total. The Labute approximate surface area is 54.4 Å². The maximum atomic E-state index is 10.3. The van der Waals surface area contributed by atoms with Gasteiger partial charge >= 0.3 is 5.97 Å². The van der Waals surface area contributed by atoms with Crippen LogP contribution in [-0.2, 0) is 9.53 Å². The molecule has 1 saturated heterocycles. The number of carbonyl (C=O) groups excluding carboxylic acids is 1. The molecule has 0 aliphatic carbocycles. The minimum Gasteiger partial charge on any atom is -0.464 e. The summed E-state index contributed by atoms with van der Waals surface area (Å²) >= 11 is 0. The third-order valence-electron chi connectivity index (χ3n) is 1.37. The van der Waals surface area contributed by atoms with E-state index in [1.807, 2.05) is 6.92 Å². The molecule has 0 amide bonds. The van der Waals surface area contributed by atoms with E-state index in [0.717, 1.165) is 6.54 Å². The highest BCUT2D eigenvalue weighted by molar-refractivity contribution is 5.66. The summed E-state index contributed by atoms with van der Waals surface area (Å²) in [5.41, 5.74) is 0.0890. The molecule has 0 spiro atoms. The first-order valence-electron chi connectivity index (χ1n) is 3.01. The van der Waals surface area contributed by atoms with Gasteiger partial charge in [0.05, 0.1) is 5.54 Å². The van der Waals surface area contributed by atoms with Crippen molar-refractivity contribution in [1.29, 1.82) is 0 Å². The topological polar surface area (TPSA) is 48.2 Å². The fourth-order valence-corrected chi connectivity index (χ4v) is 0.514. The van der Waals surface area contributed by atoms with Gasteiger partial charge in [0, 0.05) is 13.5 Å². The average Bonchev–Trinajstić information content (AvgIpc) is 2.45. The molecule has 1 fully saturated rings. The predicted octanol–water partition coefficient (Wildman–Crippen LogP) is -0.0886. The first kappa shape index (κ1) is 6.55. The van der Waals surface area contributed by atoms with E-state index < -0.39 is 0 Å². The van der Waals surface area contributed by atoms with E-state index in [1.165, 1.54) is 6.92 Å². The third kappa shape index (κ3) is 2.01. The fourth-order valence-electron chi connectivity index (χ4n) is 0.514. The molecule has 3 heteroatoms. The zero-order chi connectivity index (χ0) is 6.91. The van der Waals surface area contributed by atoms with Gasteiger partial charge in [-0.3, -0.25) is 4.79 Å². The number of nitrogens with one attached hydrogen (secondary N) is 1. The van der Waals surface area contributed by atoms with Crippen LogP contribution >= 0.6 is 0 Å². The SMILES string of the molecule is CC(=O)OCC1(C)CN1. The second-order valence-electron chi connectivity index (χ2n) is 2.69. The van der Waals surface area contributed by atoms with Gasteiger partial charge in [-0.25, -0.2) is 0 Å². The molecule has 52 valence electrons. The Bertz CT molecular complexity index is 129. The predicted molar refractivity (Wildman–Crippen MR) is 33.0 cm³/mol. The van der Waals surface area contributed by atoms with Gasteiger partial charge in [-0.1, -0.05) is 0 Å². The highest BCUT2D eigenvalue weighted by atomic mass is 16.5. The summed E-state index contributed by atoms with van der Waals surface area (Å²) in [7, 11) is 0. The summed E-state index contributed by atoms with van der Waals surface area (Å²) in [6.45, 7) is 4.91. The molecule has 1 aliphatic heterocycles. The van der Waals surface area contributed by atoms with Crippen LogP contribution in [0.3, 0.4) is 0 Å². The number of hydrogen-bond donors (Lipinski definition) is 1. The molecule has 0 aromatic carbocycles. The monoisotopic (exact) mass is 129 g/mol. The number of carbonyl (C=O) groups is 1. The highest BCUT2D eigenvalue weighted by Gasteiger charge is 2.37. The molecule has 1 atom stereocenters. The molecule has 0 aromatic heterocycles. The van der Waals surface area contributed by atoms with Gasteiger partial charge in [-0.15, -0.1) is 0 Å². The molecule has 1 rings (SSSR count). The van der Waals surface area contributed by atoms with Crippen molar-refractivity contribution in [2.45, 2.75) is 19.4 Å². The molecule has 1 unspecified atom stereocenters. The van der Waals surface area contributed by atoms with Gasteiger partial charge in [0.1, 0.15) is 6.61 Å². The van der Waals surface area contributed by atoms with Crippen molar-refractivity contribution in [3.63, 3.8) is 0 Å². The van der Waals surface area contributed by atoms with Gasteiger partial charge in [-0.05, 0) is 6.92 Å². The Hall–Kier alpha value is -0.570. The van der Waals surface area contributed by atoms with Crippen LogP contribution in [0.15, 0.2) is 0 Å². The Morgan fingerprint density at radius 2 is 2.44 bits per heavy atom. The maximum Gasteiger partial charge on any atom is 0.302 e. The Kier molecular flexibility index (Phi) is 1.45. The number of rotatable bonds is 2. The van der Waals surface area contributed by atoms with E-state index in [4.69, 9.17) is 4.74 Å². The van der Waals surface area contributed by atoms with Crippen molar-refractivity contribution in [2.75, 3.05) is 13.2 Å². The Morgan fingerprint density at radius 3 is 2.78 bits per heavy atom. The minimum absolute atomic E-state index is 0.0890. The summed E-state index contributed by atoms with van der Waals surface area (Å²) < 4.78 is 4.77. The lowest BCUT2D eigenvalue weighted by molar-refractivity contribution is -0.141. The van der Waals surface area contributed by atoms with Gasteiger partial charge in [0.25, 0.3) is 0 Å². The zero-order valence-corrected chi connectivity index (χ0v) is 5.73. The molecular weight excluding hydrogens is 118 g/mol. The molecular formula is C6H11NO2. The summed E-state index contributed by atoms with van der Waals surface area (Å²) in [4.78, 5) is 10.3. The van der Waals surface area contributed by atoms with Crippen molar-refractivity contribution in [3.05, 3.63) is 0 Å². The fraction of sp³-hybridized carbons (Fsp3) is 0.833. The summed E-state index contributed by atoms with van der Waals surface area (Å²) in [6, 6.07) is 0. The molecule has 0 radical (unpaired) electrons. The van der Waals surface area contributed by atoms with Crippen LogP contribution in [0.4, 0.5) is 0 Å². The van der Waals surface area contributed by atoms with Gasteiger partial charge < -0.3 is 10.1 Å². The third-order valence-corrected chi connectivity index (χ3v) is 1.37. The van der Waals surface area contributed by atoms with E-state index in [2.05, 4.69) is 5.32 Å². The molecule has 9 heavy (non-hydrogen) atoms. The molecule has 0 aromatic rings. The second-order valence-corrected chi connectivity index (χ2v) is 2.69. The minimum atomic E-state index is -0.204. The highest BCUT2D eigenvalue weighted by Crippen LogP contribution is 2.14. The van der Waals surface area contributed by atoms with Gasteiger partial charge in [-0.2, -0.15) is 0 Å². The molecule has 3 nitrogen and oxygen atoms in total. The molecule has 1 heterocycles. The zero-order valence-electron chi connectivity index (χ0n) is 5.73. The summed E-state index contributed by atoms with van der Waals surface area (Å²) in [5.74, 6) is -0.204. The largest absolute Gasteiger partial charge is 0.464 e. The van der Waals surface area contributed by atoms with E-state index in [9.17, 15) is 4.79 Å². The average molecular weight is 129 g/mol. The second kappa shape index (κ2) is 1.99. The number of hydrogen-bond acceptors (Lipinski definition) is 3. The standard InChI is InChI=1S/C6H11NO2/c1-5(8)9-4-6(2)3-7-6/h7H,3-4H2,1-2H3. The van der Waals surface area contributed by atoms with Crippen LogP contribution in [0.1, 0.15) is 13.8 Å². The lowest BCUT2D eigenvalue weighted by Gasteiger charge is -2.04. The van der Waals surface area contributed by atoms with Crippen molar-refractivity contribution in [1.82, 2.24) is 5.32 Å². The van der Waals surface area contributed by atoms with Crippen LogP contribution in [0.5, 0.6) is 0 Å². The van der Waals surface area contributed by atoms with Crippen molar-refractivity contribution < 1.29 is 9.53 Å². The van der Waals surface area contributed by atoms with E-state index >= 15 is 0 Å². The molecule has 0 bridgehead atoms. The van der Waals surface area contributed by atoms with E-state index in [0.29, 0.717) is 6.61 Å². The van der Waals surface area contributed by atoms with Crippen molar-refractivity contribution in [3.8, 4) is 0 Å². The van der Waals surface area contributed by atoms with Crippen LogP contribution in [-0.4, -0.2) is 24.7 Å². The first-order valence-corrected chi connectivity index (χ1v) is 3.01. The van der Waals surface area contributed by atoms with Crippen molar-refractivity contribution in [2.24, 2.45) is 0 Å². The normalized spacial score (nSPS) is 31.8. The van der Waals surface area contributed by atoms with Gasteiger partial charge in [0.2, 0.25) is 0 Å². The quantitative estimate of drug-likeness (QED) is 0.418. The lowest BCUT2D eigenvalue weighted by atomic mass is 10.2. The van der Waals surface area contributed by atoms with Crippen LogP contribution in [0.2, 0.25) is 0 Å². The molecule has 1 aliphatic rings. The van der Waals surface area contributed by atoms with Crippen molar-refractivity contribution >= 4 is 5.97 Å².